The third kappa shape index (κ3) is 3.71. The van der Waals surface area contributed by atoms with E-state index in [0.29, 0.717) is 6.42 Å². The predicted molar refractivity (Wildman–Crippen MR) is 61.0 cm³/mol. The summed E-state index contributed by atoms with van der Waals surface area (Å²) in [5.74, 6) is -0.900. The van der Waals surface area contributed by atoms with Crippen molar-refractivity contribution in [2.45, 2.75) is 12.8 Å². The minimum Gasteiger partial charge on any atom is -0.481 e. The lowest BCUT2D eigenvalue weighted by atomic mass is 10.2. The van der Waals surface area contributed by atoms with Crippen molar-refractivity contribution in [3.8, 4) is 6.07 Å². The molecule has 1 aromatic heterocycles. The van der Waals surface area contributed by atoms with Crippen LogP contribution in [0.25, 0.3) is 0 Å². The fourth-order valence-corrected chi connectivity index (χ4v) is 1.24. The molecule has 0 saturated carbocycles. The van der Waals surface area contributed by atoms with E-state index >= 15 is 0 Å². The van der Waals surface area contributed by atoms with E-state index in [4.69, 9.17) is 10.4 Å². The van der Waals surface area contributed by atoms with Gasteiger partial charge in [0.1, 0.15) is 6.07 Å². The number of nitrogens with zero attached hydrogens (tertiary/aromatic N) is 3. The van der Waals surface area contributed by atoms with Crippen LogP contribution in [0.15, 0.2) is 12.3 Å². The van der Waals surface area contributed by atoms with E-state index in [9.17, 15) is 14.9 Å². The number of rotatable bonds is 6. The molecule has 0 spiro atoms. The van der Waals surface area contributed by atoms with Gasteiger partial charge in [-0.3, -0.25) is 14.9 Å². The number of anilines is 1. The average Bonchev–Trinajstić information content (AvgIpc) is 2.34. The number of hydrogen-bond donors (Lipinski definition) is 2. The van der Waals surface area contributed by atoms with Crippen LogP contribution in [0.1, 0.15) is 18.4 Å². The highest BCUT2D eigenvalue weighted by Crippen LogP contribution is 2.22. The lowest BCUT2D eigenvalue weighted by Gasteiger charge is -2.05. The zero-order valence-electron chi connectivity index (χ0n) is 9.29. The van der Waals surface area contributed by atoms with Gasteiger partial charge in [-0.1, -0.05) is 0 Å². The zero-order chi connectivity index (χ0) is 13.5. The van der Waals surface area contributed by atoms with Crippen molar-refractivity contribution < 1.29 is 14.8 Å². The third-order valence-corrected chi connectivity index (χ3v) is 2.05. The Hall–Kier alpha value is -2.69. The van der Waals surface area contributed by atoms with Crippen molar-refractivity contribution >= 4 is 17.5 Å². The Labute approximate surface area is 102 Å². The molecule has 0 saturated heterocycles. The van der Waals surface area contributed by atoms with Gasteiger partial charge in [0.2, 0.25) is 5.82 Å². The molecule has 0 aliphatic heterocycles. The summed E-state index contributed by atoms with van der Waals surface area (Å²) in [7, 11) is 0. The molecule has 0 atom stereocenters. The quantitative estimate of drug-likeness (QED) is 0.439. The first-order valence-electron chi connectivity index (χ1n) is 5.05. The largest absolute Gasteiger partial charge is 0.481 e. The van der Waals surface area contributed by atoms with Crippen LogP contribution in [0.3, 0.4) is 0 Å². The first-order chi connectivity index (χ1) is 8.54. The third-order valence-electron chi connectivity index (χ3n) is 2.05. The van der Waals surface area contributed by atoms with E-state index in [1.807, 2.05) is 0 Å². The molecule has 0 bridgehead atoms. The van der Waals surface area contributed by atoms with Crippen molar-refractivity contribution in [3.05, 3.63) is 27.9 Å². The highest BCUT2D eigenvalue weighted by Gasteiger charge is 2.15. The first kappa shape index (κ1) is 13.4. The highest BCUT2D eigenvalue weighted by molar-refractivity contribution is 5.66. The molecule has 8 nitrogen and oxygen atoms in total. The van der Waals surface area contributed by atoms with E-state index in [1.165, 1.54) is 6.20 Å². The van der Waals surface area contributed by atoms with E-state index in [1.54, 1.807) is 6.07 Å². The van der Waals surface area contributed by atoms with Gasteiger partial charge in [-0.25, -0.2) is 4.98 Å². The molecule has 1 rings (SSSR count). The van der Waals surface area contributed by atoms with Crippen LogP contribution in [-0.2, 0) is 4.79 Å². The molecule has 2 N–H and O–H groups in total. The van der Waals surface area contributed by atoms with E-state index in [0.717, 1.165) is 6.07 Å². The van der Waals surface area contributed by atoms with Crippen molar-refractivity contribution in [1.82, 2.24) is 4.98 Å². The van der Waals surface area contributed by atoms with Crippen LogP contribution in [-0.4, -0.2) is 27.5 Å². The number of carbonyl (C=O) groups is 1. The minimum atomic E-state index is -0.931. The maximum atomic E-state index is 10.8. The molecule has 18 heavy (non-hydrogen) atoms. The summed E-state index contributed by atoms with van der Waals surface area (Å²) in [5, 5.41) is 30.5. The van der Waals surface area contributed by atoms with Crippen LogP contribution in [0.5, 0.6) is 0 Å². The van der Waals surface area contributed by atoms with Crippen LogP contribution in [0.2, 0.25) is 0 Å². The molecule has 1 heterocycles. The maximum absolute atomic E-state index is 10.8. The normalized spacial score (nSPS) is 9.50. The summed E-state index contributed by atoms with van der Waals surface area (Å²) in [6.45, 7) is 0.256. The maximum Gasteiger partial charge on any atom is 0.312 e. The second kappa shape index (κ2) is 6.15. The van der Waals surface area contributed by atoms with E-state index < -0.39 is 10.9 Å². The highest BCUT2D eigenvalue weighted by atomic mass is 16.6. The van der Waals surface area contributed by atoms with Gasteiger partial charge < -0.3 is 10.4 Å². The number of pyridine rings is 1. The molecule has 1 aromatic rings. The van der Waals surface area contributed by atoms with Gasteiger partial charge >= 0.3 is 11.7 Å². The monoisotopic (exact) mass is 250 g/mol. The first-order valence-corrected chi connectivity index (χ1v) is 5.05. The number of nitrogens with one attached hydrogen (secondary N) is 1. The Morgan fingerprint density at radius 2 is 2.39 bits per heavy atom. The standard InChI is InChI=1S/C10H10N4O4/c11-5-7-4-8(14(17)18)10(13-6-7)12-3-1-2-9(15)16/h4,6H,1-3H2,(H,12,13)(H,15,16). The molecule has 0 radical (unpaired) electrons. The smallest absolute Gasteiger partial charge is 0.312 e. The Morgan fingerprint density at radius 1 is 1.67 bits per heavy atom. The van der Waals surface area contributed by atoms with Crippen LogP contribution in [0, 0.1) is 21.4 Å². The van der Waals surface area contributed by atoms with E-state index in [-0.39, 0.29) is 30.0 Å². The Morgan fingerprint density at radius 3 is 2.94 bits per heavy atom. The summed E-state index contributed by atoms with van der Waals surface area (Å²) < 4.78 is 0. The fourth-order valence-electron chi connectivity index (χ4n) is 1.24. The topological polar surface area (TPSA) is 129 Å². The number of aliphatic carboxylic acids is 1. The SMILES string of the molecule is N#Cc1cnc(NCCCC(=O)O)c([N+](=O)[O-])c1. The lowest BCUT2D eigenvalue weighted by molar-refractivity contribution is -0.384. The second-order valence-corrected chi connectivity index (χ2v) is 3.38. The summed E-state index contributed by atoms with van der Waals surface area (Å²) in [5.41, 5.74) is -0.206. The Kier molecular flexibility index (Phi) is 4.57. The van der Waals surface area contributed by atoms with Crippen LogP contribution >= 0.6 is 0 Å². The van der Waals surface area contributed by atoms with Crippen LogP contribution < -0.4 is 5.32 Å². The van der Waals surface area contributed by atoms with Crippen molar-refractivity contribution in [1.29, 1.82) is 5.26 Å². The number of aromatic nitrogens is 1. The summed E-state index contributed by atoms with van der Waals surface area (Å²) in [4.78, 5) is 24.2. The number of nitriles is 1. The molecule has 8 heteroatoms. The Balaban J connectivity index is 2.73. The summed E-state index contributed by atoms with van der Waals surface area (Å²) in [6, 6.07) is 2.88. The minimum absolute atomic E-state index is 0.0307. The lowest BCUT2D eigenvalue weighted by Crippen LogP contribution is -2.08. The molecule has 0 fully saturated rings. The van der Waals surface area contributed by atoms with Gasteiger partial charge in [0.05, 0.1) is 10.5 Å². The van der Waals surface area contributed by atoms with Gasteiger partial charge in [0.25, 0.3) is 0 Å². The van der Waals surface area contributed by atoms with Gasteiger partial charge in [-0.15, -0.1) is 0 Å². The average molecular weight is 250 g/mol. The van der Waals surface area contributed by atoms with Gasteiger partial charge in [0, 0.05) is 25.2 Å². The fraction of sp³-hybridized carbons (Fsp3) is 0.300. The van der Waals surface area contributed by atoms with Gasteiger partial charge in [0.15, 0.2) is 0 Å². The number of hydrogen-bond acceptors (Lipinski definition) is 6. The van der Waals surface area contributed by atoms with Gasteiger partial charge in [-0.05, 0) is 6.42 Å². The molecule has 0 unspecified atom stereocenters. The molecular weight excluding hydrogens is 240 g/mol. The summed E-state index contributed by atoms with van der Waals surface area (Å²) in [6.07, 6.45) is 1.51. The molecule has 0 amide bonds. The Bertz CT molecular complexity index is 509. The predicted octanol–water partition coefficient (Wildman–Crippen LogP) is 1.14. The van der Waals surface area contributed by atoms with Gasteiger partial charge in [-0.2, -0.15) is 5.26 Å². The molecule has 0 aliphatic carbocycles. The number of nitro groups is 1. The van der Waals surface area contributed by atoms with E-state index in [2.05, 4.69) is 10.3 Å². The second-order valence-electron chi connectivity index (χ2n) is 3.38. The molecule has 94 valence electrons. The molecular formula is C10H10N4O4. The van der Waals surface area contributed by atoms with Crippen LogP contribution in [0.4, 0.5) is 11.5 Å². The number of carboxylic acid groups (broad SMARTS) is 1. The van der Waals surface area contributed by atoms with Crippen molar-refractivity contribution in [2.24, 2.45) is 0 Å². The van der Waals surface area contributed by atoms with Crippen molar-refractivity contribution in [3.63, 3.8) is 0 Å². The molecule has 0 aliphatic rings. The molecule has 0 aromatic carbocycles. The van der Waals surface area contributed by atoms with Crippen molar-refractivity contribution in [2.75, 3.05) is 11.9 Å². The zero-order valence-corrected chi connectivity index (χ0v) is 9.29. The number of carboxylic acids is 1. The summed E-state index contributed by atoms with van der Waals surface area (Å²) >= 11 is 0.